The van der Waals surface area contributed by atoms with E-state index >= 15 is 0 Å². The van der Waals surface area contributed by atoms with Crippen LogP contribution in [0.4, 0.5) is 0 Å². The molecule has 0 heterocycles. The maximum Gasteiger partial charge on any atom is 0.488 e. The lowest BCUT2D eigenvalue weighted by Crippen LogP contribution is -2.31. The van der Waals surface area contributed by atoms with Gasteiger partial charge in [0.05, 0.1) is 0 Å². The summed E-state index contributed by atoms with van der Waals surface area (Å²) in [7, 11) is -1.37. The van der Waals surface area contributed by atoms with E-state index in [4.69, 9.17) is 0 Å². The first kappa shape index (κ1) is 13.6. The SMILES string of the molecule is CCCCN(Cc1cccc(B(O)O)c1)C1CC1. The van der Waals surface area contributed by atoms with Gasteiger partial charge in [-0.3, -0.25) is 4.90 Å². The summed E-state index contributed by atoms with van der Waals surface area (Å²) in [5, 5.41) is 18.4. The van der Waals surface area contributed by atoms with Crippen molar-refractivity contribution in [2.45, 2.75) is 45.2 Å². The molecule has 98 valence electrons. The highest BCUT2D eigenvalue weighted by molar-refractivity contribution is 6.58. The highest BCUT2D eigenvalue weighted by atomic mass is 16.4. The van der Waals surface area contributed by atoms with Crippen molar-refractivity contribution in [2.24, 2.45) is 0 Å². The van der Waals surface area contributed by atoms with Crippen molar-refractivity contribution < 1.29 is 10.0 Å². The van der Waals surface area contributed by atoms with Gasteiger partial charge in [0.25, 0.3) is 0 Å². The minimum absolute atomic E-state index is 0.582. The third-order valence-electron chi connectivity index (χ3n) is 3.50. The second kappa shape index (κ2) is 6.37. The van der Waals surface area contributed by atoms with Gasteiger partial charge in [0.1, 0.15) is 0 Å². The fourth-order valence-electron chi connectivity index (χ4n) is 2.28. The van der Waals surface area contributed by atoms with Crippen LogP contribution in [-0.4, -0.2) is 34.7 Å². The van der Waals surface area contributed by atoms with Gasteiger partial charge in [-0.15, -0.1) is 0 Å². The summed E-state index contributed by atoms with van der Waals surface area (Å²) < 4.78 is 0. The Morgan fingerprint density at radius 1 is 1.33 bits per heavy atom. The molecule has 0 atom stereocenters. The first-order valence-corrected chi connectivity index (χ1v) is 6.89. The molecule has 0 amide bonds. The van der Waals surface area contributed by atoms with E-state index in [2.05, 4.69) is 17.9 Å². The normalized spacial score (nSPS) is 15.1. The molecule has 1 aromatic rings. The highest BCUT2D eigenvalue weighted by Gasteiger charge is 2.28. The van der Waals surface area contributed by atoms with Crippen LogP contribution in [0.3, 0.4) is 0 Å². The third-order valence-corrected chi connectivity index (χ3v) is 3.50. The van der Waals surface area contributed by atoms with Gasteiger partial charge in [-0.2, -0.15) is 0 Å². The first-order chi connectivity index (χ1) is 8.70. The molecular formula is C14H22BNO2. The molecule has 0 saturated heterocycles. The lowest BCUT2D eigenvalue weighted by Gasteiger charge is -2.22. The summed E-state index contributed by atoms with van der Waals surface area (Å²) in [6.45, 7) is 4.28. The zero-order valence-corrected chi connectivity index (χ0v) is 11.0. The largest absolute Gasteiger partial charge is 0.488 e. The Labute approximate surface area is 110 Å². The fraction of sp³-hybridized carbons (Fsp3) is 0.571. The molecule has 18 heavy (non-hydrogen) atoms. The van der Waals surface area contributed by atoms with Gasteiger partial charge in [0.15, 0.2) is 0 Å². The number of hydrogen-bond donors (Lipinski definition) is 2. The molecule has 3 nitrogen and oxygen atoms in total. The van der Waals surface area contributed by atoms with Gasteiger partial charge >= 0.3 is 7.12 Å². The van der Waals surface area contributed by atoms with Crippen molar-refractivity contribution >= 4 is 12.6 Å². The zero-order chi connectivity index (χ0) is 13.0. The monoisotopic (exact) mass is 247 g/mol. The molecule has 0 unspecified atom stereocenters. The number of benzene rings is 1. The summed E-state index contributed by atoms with van der Waals surface area (Å²) in [6.07, 6.45) is 5.08. The second-order valence-corrected chi connectivity index (χ2v) is 5.17. The predicted octanol–water partition coefficient (Wildman–Crippen LogP) is 1.13. The minimum atomic E-state index is -1.37. The van der Waals surface area contributed by atoms with Crippen molar-refractivity contribution in [1.29, 1.82) is 0 Å². The molecule has 0 aromatic heterocycles. The molecule has 0 aliphatic heterocycles. The maximum atomic E-state index is 9.19. The number of hydrogen-bond acceptors (Lipinski definition) is 3. The van der Waals surface area contributed by atoms with Crippen LogP contribution in [0.1, 0.15) is 38.2 Å². The van der Waals surface area contributed by atoms with E-state index in [1.54, 1.807) is 6.07 Å². The average molecular weight is 247 g/mol. The van der Waals surface area contributed by atoms with Crippen LogP contribution in [0.15, 0.2) is 24.3 Å². The van der Waals surface area contributed by atoms with E-state index in [-0.39, 0.29) is 0 Å². The van der Waals surface area contributed by atoms with Crippen molar-refractivity contribution in [3.05, 3.63) is 29.8 Å². The molecule has 0 bridgehead atoms. The summed E-state index contributed by atoms with van der Waals surface area (Å²) in [5.74, 6) is 0. The van der Waals surface area contributed by atoms with Gasteiger partial charge in [0, 0.05) is 12.6 Å². The van der Waals surface area contributed by atoms with Gasteiger partial charge in [-0.05, 0) is 36.8 Å². The molecule has 1 fully saturated rings. The molecular weight excluding hydrogens is 225 g/mol. The van der Waals surface area contributed by atoms with Crippen LogP contribution in [0.5, 0.6) is 0 Å². The van der Waals surface area contributed by atoms with E-state index in [0.29, 0.717) is 5.46 Å². The van der Waals surface area contributed by atoms with Gasteiger partial charge in [-0.25, -0.2) is 0 Å². The molecule has 1 saturated carbocycles. The maximum absolute atomic E-state index is 9.19. The summed E-state index contributed by atoms with van der Waals surface area (Å²) >= 11 is 0. The van der Waals surface area contributed by atoms with Crippen LogP contribution < -0.4 is 5.46 Å². The standard InChI is InChI=1S/C14H22BNO2/c1-2-3-9-16(14-7-8-14)11-12-5-4-6-13(10-12)15(17)18/h4-6,10,14,17-18H,2-3,7-9,11H2,1H3. The Kier molecular flexibility index (Phi) is 4.81. The Morgan fingerprint density at radius 2 is 2.11 bits per heavy atom. The third kappa shape index (κ3) is 3.84. The molecule has 2 N–H and O–H groups in total. The topological polar surface area (TPSA) is 43.7 Å². The van der Waals surface area contributed by atoms with Crippen LogP contribution in [0, 0.1) is 0 Å². The lowest BCUT2D eigenvalue weighted by atomic mass is 9.79. The van der Waals surface area contributed by atoms with Crippen molar-refractivity contribution in [2.75, 3.05) is 6.54 Å². The van der Waals surface area contributed by atoms with E-state index < -0.39 is 7.12 Å². The molecule has 0 radical (unpaired) electrons. The summed E-state index contributed by atoms with van der Waals surface area (Å²) in [5.41, 5.74) is 1.75. The molecule has 1 aliphatic carbocycles. The lowest BCUT2D eigenvalue weighted by molar-refractivity contribution is 0.251. The predicted molar refractivity (Wildman–Crippen MR) is 74.6 cm³/mol. The fourth-order valence-corrected chi connectivity index (χ4v) is 2.28. The molecule has 4 heteroatoms. The summed E-state index contributed by atoms with van der Waals surface area (Å²) in [4.78, 5) is 2.52. The van der Waals surface area contributed by atoms with Gasteiger partial charge in [-0.1, -0.05) is 37.6 Å². The van der Waals surface area contributed by atoms with E-state index in [0.717, 1.165) is 19.1 Å². The molecule has 2 rings (SSSR count). The Bertz CT molecular complexity index is 380. The smallest absolute Gasteiger partial charge is 0.423 e. The Hall–Kier alpha value is -0.835. The van der Waals surface area contributed by atoms with E-state index in [1.165, 1.54) is 31.2 Å². The molecule has 0 spiro atoms. The Morgan fingerprint density at radius 3 is 2.72 bits per heavy atom. The van der Waals surface area contributed by atoms with Crippen LogP contribution in [-0.2, 0) is 6.54 Å². The van der Waals surface area contributed by atoms with E-state index in [9.17, 15) is 10.0 Å². The summed E-state index contributed by atoms with van der Waals surface area (Å²) in [6, 6.07) is 8.36. The molecule has 1 aromatic carbocycles. The van der Waals surface area contributed by atoms with Crippen LogP contribution in [0.2, 0.25) is 0 Å². The average Bonchev–Trinajstić information content (AvgIpc) is 3.19. The van der Waals surface area contributed by atoms with Crippen molar-refractivity contribution in [3.8, 4) is 0 Å². The number of rotatable bonds is 7. The second-order valence-electron chi connectivity index (χ2n) is 5.17. The number of nitrogens with zero attached hydrogens (tertiary/aromatic N) is 1. The Balaban J connectivity index is 1.99. The first-order valence-electron chi connectivity index (χ1n) is 6.89. The zero-order valence-electron chi connectivity index (χ0n) is 11.0. The quantitative estimate of drug-likeness (QED) is 0.710. The van der Waals surface area contributed by atoms with Gasteiger partial charge in [0.2, 0.25) is 0 Å². The van der Waals surface area contributed by atoms with Crippen molar-refractivity contribution in [3.63, 3.8) is 0 Å². The van der Waals surface area contributed by atoms with Crippen molar-refractivity contribution in [1.82, 2.24) is 4.90 Å². The van der Waals surface area contributed by atoms with Crippen LogP contribution in [0.25, 0.3) is 0 Å². The number of unbranched alkanes of at least 4 members (excludes halogenated alkanes) is 1. The van der Waals surface area contributed by atoms with Crippen LogP contribution >= 0.6 is 0 Å². The molecule has 1 aliphatic rings. The highest BCUT2D eigenvalue weighted by Crippen LogP contribution is 2.28. The van der Waals surface area contributed by atoms with E-state index in [1.807, 2.05) is 12.1 Å². The van der Waals surface area contributed by atoms with Gasteiger partial charge < -0.3 is 10.0 Å². The minimum Gasteiger partial charge on any atom is -0.423 e.